The molecule has 144 valence electrons. The zero-order valence-corrected chi connectivity index (χ0v) is 16.8. The van der Waals surface area contributed by atoms with Gasteiger partial charge in [0, 0.05) is 38.8 Å². The minimum absolute atomic E-state index is 0.224. The summed E-state index contributed by atoms with van der Waals surface area (Å²) in [6.07, 6.45) is 1.47. The van der Waals surface area contributed by atoms with Crippen LogP contribution in [0, 0.1) is 0 Å². The molecule has 8 heteroatoms. The summed E-state index contributed by atoms with van der Waals surface area (Å²) in [6, 6.07) is 15.6. The van der Waals surface area contributed by atoms with Crippen LogP contribution in [0.25, 0.3) is 0 Å². The van der Waals surface area contributed by atoms with Crippen LogP contribution in [0.2, 0.25) is 0 Å². The number of nitrogens with one attached hydrogen (secondary N) is 1. The van der Waals surface area contributed by atoms with Crippen molar-refractivity contribution in [2.24, 2.45) is 0 Å². The number of furan rings is 1. The molecule has 1 aromatic carbocycles. The van der Waals surface area contributed by atoms with Crippen molar-refractivity contribution in [3.8, 4) is 0 Å². The summed E-state index contributed by atoms with van der Waals surface area (Å²) in [7, 11) is 0. The third kappa shape index (κ3) is 4.58. The minimum atomic E-state index is -0.344. The van der Waals surface area contributed by atoms with Gasteiger partial charge >= 0.3 is 0 Å². The van der Waals surface area contributed by atoms with Gasteiger partial charge in [0.2, 0.25) is 0 Å². The molecule has 0 atom stereocenters. The van der Waals surface area contributed by atoms with Gasteiger partial charge in [-0.15, -0.1) is 0 Å². The predicted octanol–water partition coefficient (Wildman–Crippen LogP) is 3.41. The van der Waals surface area contributed by atoms with Crippen molar-refractivity contribution in [2.75, 3.05) is 36.4 Å². The van der Waals surface area contributed by atoms with E-state index in [1.54, 1.807) is 18.2 Å². The molecule has 28 heavy (non-hydrogen) atoms. The van der Waals surface area contributed by atoms with E-state index in [2.05, 4.69) is 65.3 Å². The average molecular weight is 442 g/mol. The zero-order valence-electron chi connectivity index (χ0n) is 15.2. The first-order valence-corrected chi connectivity index (χ1v) is 9.86. The first kappa shape index (κ1) is 18.6. The highest BCUT2D eigenvalue weighted by Crippen LogP contribution is 2.19. The second kappa shape index (κ2) is 8.53. The summed E-state index contributed by atoms with van der Waals surface area (Å²) in [5, 5.41) is 2.75. The fraction of sp³-hybridized carbons (Fsp3) is 0.250. The highest BCUT2D eigenvalue weighted by molar-refractivity contribution is 9.10. The fourth-order valence-electron chi connectivity index (χ4n) is 3.18. The number of amides is 1. The average Bonchev–Trinajstić information content (AvgIpc) is 3.16. The molecule has 1 aliphatic rings. The number of carbonyl (C=O) groups excluding carboxylic acids is 1. The van der Waals surface area contributed by atoms with E-state index in [0.717, 1.165) is 38.5 Å². The summed E-state index contributed by atoms with van der Waals surface area (Å²) < 4.78 is 5.78. The number of benzene rings is 1. The molecule has 0 bridgehead atoms. The Bertz CT molecular complexity index is 939. The largest absolute Gasteiger partial charge is 0.444 e. The lowest BCUT2D eigenvalue weighted by Crippen LogP contribution is -2.46. The second-order valence-electron chi connectivity index (χ2n) is 6.57. The number of anilines is 2. The Balaban J connectivity index is 1.35. The van der Waals surface area contributed by atoms with E-state index in [0.29, 0.717) is 10.5 Å². The molecule has 1 saturated heterocycles. The van der Waals surface area contributed by atoms with E-state index < -0.39 is 0 Å². The SMILES string of the molecule is O=C(Nc1cc(N2CCN(Cc3ccccc3)CC2)ncn1)c1ccc(Br)o1. The zero-order chi connectivity index (χ0) is 19.3. The van der Waals surface area contributed by atoms with E-state index in [4.69, 9.17) is 4.42 Å². The van der Waals surface area contributed by atoms with Gasteiger partial charge in [0.05, 0.1) is 0 Å². The van der Waals surface area contributed by atoms with E-state index >= 15 is 0 Å². The van der Waals surface area contributed by atoms with Crippen LogP contribution in [0.4, 0.5) is 11.6 Å². The van der Waals surface area contributed by atoms with E-state index in [1.807, 2.05) is 6.07 Å². The lowest BCUT2D eigenvalue weighted by atomic mass is 10.2. The van der Waals surface area contributed by atoms with Crippen LogP contribution in [0.15, 0.2) is 63.9 Å². The minimum Gasteiger partial charge on any atom is -0.444 e. The van der Waals surface area contributed by atoms with Crippen LogP contribution in [0.3, 0.4) is 0 Å². The maximum absolute atomic E-state index is 12.2. The Morgan fingerprint density at radius 1 is 1.07 bits per heavy atom. The summed E-state index contributed by atoms with van der Waals surface area (Å²) in [5.41, 5.74) is 1.33. The summed E-state index contributed by atoms with van der Waals surface area (Å²) in [5.74, 6) is 1.14. The Kier molecular flexibility index (Phi) is 5.68. The van der Waals surface area contributed by atoms with Crippen molar-refractivity contribution < 1.29 is 9.21 Å². The molecular formula is C20H20BrN5O2. The van der Waals surface area contributed by atoms with Crippen molar-refractivity contribution in [2.45, 2.75) is 6.54 Å². The third-order valence-electron chi connectivity index (χ3n) is 4.64. The molecule has 0 unspecified atom stereocenters. The number of hydrogen-bond donors (Lipinski definition) is 1. The summed E-state index contributed by atoms with van der Waals surface area (Å²) in [4.78, 5) is 25.4. The molecule has 1 aliphatic heterocycles. The molecule has 1 amide bonds. The molecule has 1 fully saturated rings. The molecular weight excluding hydrogens is 422 g/mol. The van der Waals surface area contributed by atoms with Crippen LogP contribution in [-0.4, -0.2) is 47.0 Å². The van der Waals surface area contributed by atoms with Gasteiger partial charge < -0.3 is 14.6 Å². The molecule has 1 N–H and O–H groups in total. The Morgan fingerprint density at radius 2 is 1.86 bits per heavy atom. The normalized spacial score (nSPS) is 14.8. The highest BCUT2D eigenvalue weighted by atomic mass is 79.9. The Labute approximate surface area is 171 Å². The third-order valence-corrected chi connectivity index (χ3v) is 5.06. The lowest BCUT2D eigenvalue weighted by Gasteiger charge is -2.35. The van der Waals surface area contributed by atoms with E-state index in [9.17, 15) is 4.79 Å². The molecule has 3 heterocycles. The molecule has 2 aromatic heterocycles. The van der Waals surface area contributed by atoms with Gasteiger partial charge in [-0.05, 0) is 33.6 Å². The number of aromatic nitrogens is 2. The highest BCUT2D eigenvalue weighted by Gasteiger charge is 2.19. The first-order valence-electron chi connectivity index (χ1n) is 9.07. The van der Waals surface area contributed by atoms with Crippen molar-refractivity contribution in [3.63, 3.8) is 0 Å². The van der Waals surface area contributed by atoms with Gasteiger partial charge in [0.25, 0.3) is 5.91 Å². The van der Waals surface area contributed by atoms with Crippen LogP contribution < -0.4 is 10.2 Å². The van der Waals surface area contributed by atoms with Crippen molar-refractivity contribution >= 4 is 33.5 Å². The number of rotatable bonds is 5. The van der Waals surface area contributed by atoms with Gasteiger partial charge in [-0.1, -0.05) is 30.3 Å². The fourth-order valence-corrected chi connectivity index (χ4v) is 3.49. The predicted molar refractivity (Wildman–Crippen MR) is 110 cm³/mol. The topological polar surface area (TPSA) is 74.5 Å². The van der Waals surface area contributed by atoms with Crippen LogP contribution in [0.5, 0.6) is 0 Å². The quantitative estimate of drug-likeness (QED) is 0.653. The van der Waals surface area contributed by atoms with Crippen molar-refractivity contribution in [3.05, 3.63) is 70.9 Å². The van der Waals surface area contributed by atoms with E-state index in [1.165, 1.54) is 11.9 Å². The summed E-state index contributed by atoms with van der Waals surface area (Å²) in [6.45, 7) is 4.63. The number of carbonyl (C=O) groups is 1. The van der Waals surface area contributed by atoms with Crippen LogP contribution in [0.1, 0.15) is 16.1 Å². The van der Waals surface area contributed by atoms with Gasteiger partial charge in [0.15, 0.2) is 10.4 Å². The molecule has 7 nitrogen and oxygen atoms in total. The maximum atomic E-state index is 12.2. The van der Waals surface area contributed by atoms with Crippen LogP contribution >= 0.6 is 15.9 Å². The Hall–Kier alpha value is -2.71. The van der Waals surface area contributed by atoms with Crippen LogP contribution in [-0.2, 0) is 6.54 Å². The standard InChI is InChI=1S/C20H20BrN5O2/c21-17-7-6-16(28-17)20(27)24-18-12-19(23-14-22-18)26-10-8-25(9-11-26)13-15-4-2-1-3-5-15/h1-7,12,14H,8-11,13H2,(H,22,23,24,27). The molecule has 0 saturated carbocycles. The molecule has 4 rings (SSSR count). The first-order chi connectivity index (χ1) is 13.7. The second-order valence-corrected chi connectivity index (χ2v) is 7.35. The number of nitrogens with zero attached hydrogens (tertiary/aromatic N) is 4. The molecule has 0 spiro atoms. The Morgan fingerprint density at radius 3 is 2.57 bits per heavy atom. The number of hydrogen-bond acceptors (Lipinski definition) is 6. The van der Waals surface area contributed by atoms with Gasteiger partial charge in [-0.3, -0.25) is 9.69 Å². The molecule has 0 radical (unpaired) electrons. The van der Waals surface area contributed by atoms with Crippen molar-refractivity contribution in [1.82, 2.24) is 14.9 Å². The number of halogens is 1. The van der Waals surface area contributed by atoms with E-state index in [-0.39, 0.29) is 11.7 Å². The number of piperazine rings is 1. The van der Waals surface area contributed by atoms with Gasteiger partial charge in [0.1, 0.15) is 18.0 Å². The molecule has 0 aliphatic carbocycles. The van der Waals surface area contributed by atoms with Gasteiger partial charge in [-0.2, -0.15) is 0 Å². The van der Waals surface area contributed by atoms with Crippen molar-refractivity contribution in [1.29, 1.82) is 0 Å². The van der Waals surface area contributed by atoms with Gasteiger partial charge in [-0.25, -0.2) is 9.97 Å². The maximum Gasteiger partial charge on any atom is 0.292 e. The lowest BCUT2D eigenvalue weighted by molar-refractivity contribution is 0.0995. The monoisotopic (exact) mass is 441 g/mol. The summed E-state index contributed by atoms with van der Waals surface area (Å²) >= 11 is 3.19. The smallest absolute Gasteiger partial charge is 0.292 e. The molecule has 3 aromatic rings.